The van der Waals surface area contributed by atoms with Gasteiger partial charge < -0.3 is 8.37 Å². The van der Waals surface area contributed by atoms with Gasteiger partial charge in [0.25, 0.3) is 0 Å². The highest BCUT2D eigenvalue weighted by atomic mass is 32.2. The molecule has 0 radical (unpaired) electrons. The summed E-state index contributed by atoms with van der Waals surface area (Å²) in [5, 5.41) is 1.93. The van der Waals surface area contributed by atoms with E-state index in [1.165, 1.54) is 12.1 Å². The number of benzene rings is 4. The molecular weight excluding hydrogens is 481 g/mol. The predicted octanol–water partition coefficient (Wildman–Crippen LogP) is 5.23. The molecule has 0 heterocycles. The highest BCUT2D eigenvalue weighted by molar-refractivity contribution is 7.88. The molecule has 4 aromatic rings. The van der Waals surface area contributed by atoms with Gasteiger partial charge in [-0.1, -0.05) is 60.7 Å². The molecule has 0 bridgehead atoms. The average Bonchev–Trinajstić information content (AvgIpc) is 2.72. The van der Waals surface area contributed by atoms with Gasteiger partial charge in [0.15, 0.2) is 11.5 Å². The Morgan fingerprint density at radius 1 is 0.636 bits per heavy atom. The Hall–Kier alpha value is -3.31. The van der Waals surface area contributed by atoms with Crippen molar-refractivity contribution in [2.75, 3.05) is 6.26 Å². The topological polar surface area (TPSA) is 86.7 Å². The number of fused-ring (bicyclic) bond motifs is 2. The van der Waals surface area contributed by atoms with Crippen molar-refractivity contribution in [2.24, 2.45) is 0 Å². The Bertz CT molecular complexity index is 1590. The van der Waals surface area contributed by atoms with Crippen LogP contribution in [0.5, 0.6) is 11.5 Å². The first-order chi connectivity index (χ1) is 15.4. The van der Waals surface area contributed by atoms with Gasteiger partial charge >= 0.3 is 25.7 Å². The van der Waals surface area contributed by atoms with Crippen molar-refractivity contribution in [1.82, 2.24) is 0 Å². The summed E-state index contributed by atoms with van der Waals surface area (Å²) in [6.45, 7) is 0. The SMILES string of the molecule is CS(=O)(=O)Oc1ccc2ccccc2c1-c1c(OS(=O)(=O)C(F)(F)F)ccc2ccccc12. The van der Waals surface area contributed by atoms with Gasteiger partial charge in [-0.25, -0.2) is 0 Å². The second-order valence-corrected chi connectivity index (χ2v) is 10.2. The van der Waals surface area contributed by atoms with Crippen molar-refractivity contribution in [3.05, 3.63) is 72.8 Å². The third-order valence-corrected chi connectivity index (χ3v) is 6.20. The number of hydrogen-bond donors (Lipinski definition) is 0. The Labute approximate surface area is 187 Å². The maximum atomic E-state index is 13.1. The molecule has 0 atom stereocenters. The Morgan fingerprint density at radius 2 is 1.06 bits per heavy atom. The van der Waals surface area contributed by atoms with E-state index < -0.39 is 31.5 Å². The summed E-state index contributed by atoms with van der Waals surface area (Å²) in [6, 6.07) is 18.6. The van der Waals surface area contributed by atoms with Crippen molar-refractivity contribution < 1.29 is 38.4 Å². The minimum Gasteiger partial charge on any atom is -0.382 e. The van der Waals surface area contributed by atoms with Crippen LogP contribution < -0.4 is 8.37 Å². The fraction of sp³-hybridized carbons (Fsp3) is 0.0909. The lowest BCUT2D eigenvalue weighted by atomic mass is 9.92. The molecule has 6 nitrogen and oxygen atoms in total. The van der Waals surface area contributed by atoms with Crippen LogP contribution in [0.15, 0.2) is 72.8 Å². The summed E-state index contributed by atoms with van der Waals surface area (Å²) in [6.07, 6.45) is 0.820. The van der Waals surface area contributed by atoms with E-state index in [1.807, 2.05) is 0 Å². The van der Waals surface area contributed by atoms with Crippen LogP contribution in [0.2, 0.25) is 0 Å². The Balaban J connectivity index is 2.15. The van der Waals surface area contributed by atoms with Crippen molar-refractivity contribution >= 4 is 41.8 Å². The third kappa shape index (κ3) is 4.46. The lowest BCUT2D eigenvalue weighted by Gasteiger charge is -2.19. The highest BCUT2D eigenvalue weighted by Crippen LogP contribution is 2.46. The van der Waals surface area contributed by atoms with Crippen LogP contribution in [-0.2, 0) is 20.2 Å². The molecule has 0 fully saturated rings. The van der Waals surface area contributed by atoms with Gasteiger partial charge in [0.1, 0.15) is 0 Å². The van der Waals surface area contributed by atoms with E-state index in [4.69, 9.17) is 4.18 Å². The molecule has 0 N–H and O–H groups in total. The van der Waals surface area contributed by atoms with Crippen LogP contribution in [-0.4, -0.2) is 28.6 Å². The standard InChI is InChI=1S/C22H15F3O6S2/c1-32(26,27)30-18-12-10-14-6-2-4-8-16(14)20(18)21-17-9-5-3-7-15(17)11-13-19(21)31-33(28,29)22(23,24)25/h2-13H,1H3. The minimum absolute atomic E-state index is 0.0589. The zero-order chi connectivity index (χ0) is 24.0. The Kier molecular flexibility index (Phi) is 5.49. The van der Waals surface area contributed by atoms with Crippen molar-refractivity contribution in [2.45, 2.75) is 5.51 Å². The molecule has 0 saturated heterocycles. The smallest absolute Gasteiger partial charge is 0.382 e. The van der Waals surface area contributed by atoms with Crippen molar-refractivity contribution in [1.29, 1.82) is 0 Å². The number of rotatable bonds is 5. The molecule has 0 aliphatic heterocycles. The van der Waals surface area contributed by atoms with Gasteiger partial charge in [0.2, 0.25) is 0 Å². The monoisotopic (exact) mass is 496 g/mol. The van der Waals surface area contributed by atoms with Gasteiger partial charge in [-0.3, -0.25) is 0 Å². The average molecular weight is 496 g/mol. The molecule has 0 aliphatic rings. The van der Waals surface area contributed by atoms with E-state index in [9.17, 15) is 30.0 Å². The van der Waals surface area contributed by atoms with E-state index >= 15 is 0 Å². The lowest BCUT2D eigenvalue weighted by Crippen LogP contribution is -2.28. The number of alkyl halides is 3. The molecular formula is C22H15F3O6S2. The van der Waals surface area contributed by atoms with Gasteiger partial charge in [-0.05, 0) is 33.7 Å². The summed E-state index contributed by atoms with van der Waals surface area (Å²) in [7, 11) is -10.1. The molecule has 4 aromatic carbocycles. The zero-order valence-electron chi connectivity index (χ0n) is 16.8. The summed E-state index contributed by atoms with van der Waals surface area (Å²) >= 11 is 0. The van der Waals surface area contributed by atoms with E-state index in [1.54, 1.807) is 54.6 Å². The van der Waals surface area contributed by atoms with Crippen LogP contribution in [0.1, 0.15) is 0 Å². The first kappa shape index (κ1) is 22.9. The molecule has 4 rings (SSSR count). The van der Waals surface area contributed by atoms with Gasteiger partial charge in [-0.2, -0.15) is 30.0 Å². The fourth-order valence-electron chi connectivity index (χ4n) is 3.49. The lowest BCUT2D eigenvalue weighted by molar-refractivity contribution is -0.0499. The molecule has 0 unspecified atom stereocenters. The molecule has 0 amide bonds. The molecule has 33 heavy (non-hydrogen) atoms. The van der Waals surface area contributed by atoms with E-state index in [0.717, 1.165) is 12.3 Å². The Morgan fingerprint density at radius 3 is 1.48 bits per heavy atom. The predicted molar refractivity (Wildman–Crippen MR) is 118 cm³/mol. The third-order valence-electron chi connectivity index (χ3n) is 4.76. The molecule has 0 saturated carbocycles. The van der Waals surface area contributed by atoms with Crippen LogP contribution in [0.25, 0.3) is 32.7 Å². The summed E-state index contributed by atoms with van der Waals surface area (Å²) in [4.78, 5) is 0. The molecule has 0 aliphatic carbocycles. The van der Waals surface area contributed by atoms with Crippen molar-refractivity contribution in [3.63, 3.8) is 0 Å². The molecule has 0 aromatic heterocycles. The summed E-state index contributed by atoms with van der Waals surface area (Å²) in [5.41, 5.74) is -5.65. The van der Waals surface area contributed by atoms with Crippen LogP contribution in [0.3, 0.4) is 0 Å². The van der Waals surface area contributed by atoms with E-state index in [-0.39, 0.29) is 16.9 Å². The quantitative estimate of drug-likeness (QED) is 0.278. The van der Waals surface area contributed by atoms with Gasteiger partial charge in [0.05, 0.1) is 6.26 Å². The second-order valence-electron chi connectivity index (χ2n) is 7.09. The van der Waals surface area contributed by atoms with E-state index in [0.29, 0.717) is 21.5 Å². The van der Waals surface area contributed by atoms with Crippen LogP contribution >= 0.6 is 0 Å². The maximum absolute atomic E-state index is 13.1. The number of halogens is 3. The molecule has 172 valence electrons. The highest BCUT2D eigenvalue weighted by Gasteiger charge is 2.49. The van der Waals surface area contributed by atoms with E-state index in [2.05, 4.69) is 4.18 Å². The minimum atomic E-state index is -6.01. The second kappa shape index (κ2) is 7.92. The number of hydrogen-bond acceptors (Lipinski definition) is 6. The maximum Gasteiger partial charge on any atom is 0.534 e. The van der Waals surface area contributed by atoms with Crippen molar-refractivity contribution in [3.8, 4) is 22.6 Å². The first-order valence-electron chi connectivity index (χ1n) is 9.31. The van der Waals surface area contributed by atoms with Gasteiger partial charge in [0, 0.05) is 11.1 Å². The fourth-order valence-corrected chi connectivity index (χ4v) is 4.42. The normalized spacial score (nSPS) is 12.7. The summed E-state index contributed by atoms with van der Waals surface area (Å²) < 4.78 is 96.5. The van der Waals surface area contributed by atoms with Gasteiger partial charge in [-0.15, -0.1) is 0 Å². The molecule has 0 spiro atoms. The largest absolute Gasteiger partial charge is 0.534 e. The zero-order valence-corrected chi connectivity index (χ0v) is 18.5. The summed E-state index contributed by atoms with van der Waals surface area (Å²) in [5.74, 6) is -0.817. The first-order valence-corrected chi connectivity index (χ1v) is 12.5. The molecule has 11 heteroatoms. The van der Waals surface area contributed by atoms with Crippen LogP contribution in [0, 0.1) is 0 Å². The van der Waals surface area contributed by atoms with Crippen LogP contribution in [0.4, 0.5) is 13.2 Å².